The molecule has 20 heavy (non-hydrogen) atoms. The summed E-state index contributed by atoms with van der Waals surface area (Å²) in [6, 6.07) is 3.12. The highest BCUT2D eigenvalue weighted by atomic mass is 35.5. The molecule has 0 aliphatic rings. The van der Waals surface area contributed by atoms with Crippen LogP contribution in [0.25, 0.3) is 0 Å². The summed E-state index contributed by atoms with van der Waals surface area (Å²) < 4.78 is 0.737. The molecule has 1 heterocycles. The highest BCUT2D eigenvalue weighted by molar-refractivity contribution is 8.02. The van der Waals surface area contributed by atoms with Gasteiger partial charge in [-0.25, -0.2) is 0 Å². The van der Waals surface area contributed by atoms with Crippen molar-refractivity contribution in [2.75, 3.05) is 11.1 Å². The lowest BCUT2D eigenvalue weighted by molar-refractivity contribution is -0.115. The maximum atomic E-state index is 12.1. The van der Waals surface area contributed by atoms with Gasteiger partial charge in [-0.2, -0.15) is 0 Å². The maximum Gasteiger partial charge on any atom is 0.237 e. The van der Waals surface area contributed by atoms with Crippen LogP contribution in [0.15, 0.2) is 22.0 Å². The molecule has 1 aromatic heterocycles. The number of rotatable bonds is 4. The lowest BCUT2D eigenvalue weighted by Crippen LogP contribution is -2.22. The zero-order valence-corrected chi connectivity index (χ0v) is 13.4. The van der Waals surface area contributed by atoms with E-state index in [4.69, 9.17) is 28.9 Å². The molecule has 9 heteroatoms. The first kappa shape index (κ1) is 15.4. The van der Waals surface area contributed by atoms with E-state index >= 15 is 0 Å². The fraction of sp³-hybridized carbons (Fsp3) is 0.182. The lowest BCUT2D eigenvalue weighted by atomic mass is 10.2. The molecule has 1 amide bonds. The van der Waals surface area contributed by atoms with Crippen molar-refractivity contribution in [1.29, 1.82) is 0 Å². The van der Waals surface area contributed by atoms with Gasteiger partial charge in [0.05, 0.1) is 21.0 Å². The van der Waals surface area contributed by atoms with Crippen LogP contribution in [-0.4, -0.2) is 21.4 Å². The van der Waals surface area contributed by atoms with Crippen molar-refractivity contribution in [2.45, 2.75) is 16.5 Å². The van der Waals surface area contributed by atoms with Gasteiger partial charge in [-0.1, -0.05) is 46.3 Å². The first-order chi connectivity index (χ1) is 9.47. The van der Waals surface area contributed by atoms with E-state index in [9.17, 15) is 4.79 Å². The summed E-state index contributed by atoms with van der Waals surface area (Å²) in [5.74, 6) is -0.179. The second kappa shape index (κ2) is 6.62. The predicted molar refractivity (Wildman–Crippen MR) is 84.7 cm³/mol. The fourth-order valence-electron chi connectivity index (χ4n) is 1.32. The molecule has 0 bridgehead atoms. The number of anilines is 2. The summed E-state index contributed by atoms with van der Waals surface area (Å²) in [5, 5.41) is 10.6. The van der Waals surface area contributed by atoms with E-state index in [1.807, 2.05) is 0 Å². The van der Waals surface area contributed by atoms with Gasteiger partial charge in [0.25, 0.3) is 0 Å². The number of nitrogens with one attached hydrogen (secondary N) is 1. The number of amides is 1. The van der Waals surface area contributed by atoms with E-state index in [1.165, 1.54) is 23.1 Å². The van der Waals surface area contributed by atoms with E-state index < -0.39 is 0 Å². The molecule has 2 rings (SSSR count). The Bertz CT molecular complexity index is 598. The Morgan fingerprint density at radius 3 is 2.65 bits per heavy atom. The van der Waals surface area contributed by atoms with Crippen LogP contribution in [0.4, 0.5) is 11.4 Å². The monoisotopic (exact) mass is 348 g/mol. The summed E-state index contributed by atoms with van der Waals surface area (Å²) in [5.41, 5.74) is 8.05. The van der Waals surface area contributed by atoms with Crippen LogP contribution >= 0.6 is 46.3 Å². The van der Waals surface area contributed by atoms with Crippen molar-refractivity contribution in [3.8, 4) is 0 Å². The first-order valence-corrected chi connectivity index (χ1v) is 7.97. The Morgan fingerprint density at radius 1 is 1.45 bits per heavy atom. The summed E-state index contributed by atoms with van der Waals surface area (Å²) in [6.07, 6.45) is 0. The number of benzene rings is 1. The number of aromatic nitrogens is 2. The number of halogens is 2. The maximum absolute atomic E-state index is 12.1. The van der Waals surface area contributed by atoms with Crippen LogP contribution in [-0.2, 0) is 4.79 Å². The van der Waals surface area contributed by atoms with Gasteiger partial charge in [0.1, 0.15) is 5.51 Å². The van der Waals surface area contributed by atoms with Gasteiger partial charge in [0, 0.05) is 5.69 Å². The normalized spacial score (nSPS) is 12.2. The number of nitrogens with two attached hydrogens (primary N) is 1. The molecule has 0 radical (unpaired) electrons. The van der Waals surface area contributed by atoms with Crippen LogP contribution in [0.5, 0.6) is 0 Å². The van der Waals surface area contributed by atoms with Gasteiger partial charge in [-0.15, -0.1) is 10.2 Å². The van der Waals surface area contributed by atoms with Crippen LogP contribution in [0, 0.1) is 0 Å². The smallest absolute Gasteiger partial charge is 0.237 e. The van der Waals surface area contributed by atoms with E-state index in [1.54, 1.807) is 24.6 Å². The van der Waals surface area contributed by atoms with Crippen molar-refractivity contribution in [2.24, 2.45) is 0 Å². The van der Waals surface area contributed by atoms with Crippen molar-refractivity contribution < 1.29 is 4.79 Å². The van der Waals surface area contributed by atoms with Crippen molar-refractivity contribution in [3.05, 3.63) is 27.7 Å². The number of thioether (sulfide) groups is 1. The molecule has 0 saturated heterocycles. The molecular formula is C11H10Cl2N4OS2. The van der Waals surface area contributed by atoms with E-state index in [0.29, 0.717) is 21.4 Å². The number of carbonyl (C=O) groups is 1. The second-order valence-corrected chi connectivity index (χ2v) is 7.04. The third kappa shape index (κ3) is 3.76. The summed E-state index contributed by atoms with van der Waals surface area (Å²) in [7, 11) is 0. The number of nitrogen functional groups attached to an aromatic ring is 1. The minimum Gasteiger partial charge on any atom is -0.396 e. The van der Waals surface area contributed by atoms with Gasteiger partial charge in [-0.3, -0.25) is 4.79 Å². The standard InChI is InChI=1S/C11H10Cl2N4OS2/c1-5(20-11-17-15-4-19-11)10(18)16-6-2-7(12)9(14)8(13)3-6/h2-5H,14H2,1H3,(H,16,18)/t5-/m0/s1. The number of hydrogen-bond acceptors (Lipinski definition) is 6. The Balaban J connectivity index is 2.04. The van der Waals surface area contributed by atoms with E-state index in [2.05, 4.69) is 15.5 Å². The zero-order chi connectivity index (χ0) is 14.7. The second-order valence-electron chi connectivity index (χ2n) is 3.81. The number of nitrogens with zero attached hydrogens (tertiary/aromatic N) is 2. The van der Waals surface area contributed by atoms with Crippen molar-refractivity contribution in [3.63, 3.8) is 0 Å². The summed E-state index contributed by atoms with van der Waals surface area (Å²) >= 11 is 14.5. The highest BCUT2D eigenvalue weighted by Crippen LogP contribution is 2.32. The molecule has 106 valence electrons. The Hall–Kier alpha value is -1.02. The van der Waals surface area contributed by atoms with E-state index in [0.717, 1.165) is 4.34 Å². The third-order valence-electron chi connectivity index (χ3n) is 2.33. The first-order valence-electron chi connectivity index (χ1n) is 5.45. The quantitative estimate of drug-likeness (QED) is 0.652. The fourth-order valence-corrected chi connectivity index (χ4v) is 3.43. The molecule has 0 aliphatic heterocycles. The molecular weight excluding hydrogens is 339 g/mol. The summed E-state index contributed by atoms with van der Waals surface area (Å²) in [4.78, 5) is 12.1. The molecule has 0 unspecified atom stereocenters. The minimum absolute atomic E-state index is 0.179. The molecule has 3 N–H and O–H groups in total. The molecule has 5 nitrogen and oxygen atoms in total. The van der Waals surface area contributed by atoms with Crippen LogP contribution in [0.3, 0.4) is 0 Å². The van der Waals surface area contributed by atoms with Gasteiger partial charge < -0.3 is 11.1 Å². The van der Waals surface area contributed by atoms with Crippen LogP contribution in [0.1, 0.15) is 6.92 Å². The van der Waals surface area contributed by atoms with Gasteiger partial charge in [-0.05, 0) is 19.1 Å². The van der Waals surface area contributed by atoms with Crippen molar-refractivity contribution >= 4 is 63.6 Å². The average Bonchev–Trinajstić information content (AvgIpc) is 2.88. The SMILES string of the molecule is C[C@H](Sc1nncs1)C(=O)Nc1cc(Cl)c(N)c(Cl)c1. The van der Waals surface area contributed by atoms with Crippen molar-refractivity contribution in [1.82, 2.24) is 10.2 Å². The largest absolute Gasteiger partial charge is 0.396 e. The minimum atomic E-state index is -0.321. The molecule has 0 aliphatic carbocycles. The van der Waals surface area contributed by atoms with Gasteiger partial charge >= 0.3 is 0 Å². The average molecular weight is 349 g/mol. The Morgan fingerprint density at radius 2 is 2.10 bits per heavy atom. The molecule has 2 aromatic rings. The Labute approximate surface area is 133 Å². The van der Waals surface area contributed by atoms with Crippen LogP contribution < -0.4 is 11.1 Å². The molecule has 1 aromatic carbocycles. The summed E-state index contributed by atoms with van der Waals surface area (Å²) in [6.45, 7) is 1.78. The molecule has 0 saturated carbocycles. The predicted octanol–water partition coefficient (Wildman–Crippen LogP) is 3.55. The molecule has 1 atom stereocenters. The van der Waals surface area contributed by atoms with E-state index in [-0.39, 0.29) is 11.2 Å². The number of hydrogen-bond donors (Lipinski definition) is 2. The topological polar surface area (TPSA) is 80.9 Å². The van der Waals surface area contributed by atoms with Gasteiger partial charge in [0.15, 0.2) is 4.34 Å². The third-order valence-corrected chi connectivity index (χ3v) is 4.87. The molecule has 0 spiro atoms. The van der Waals surface area contributed by atoms with Crippen LogP contribution in [0.2, 0.25) is 10.0 Å². The zero-order valence-electron chi connectivity index (χ0n) is 10.3. The Kier molecular flexibility index (Phi) is 5.09. The molecule has 0 fully saturated rings. The van der Waals surface area contributed by atoms with Gasteiger partial charge in [0.2, 0.25) is 5.91 Å². The lowest BCUT2D eigenvalue weighted by Gasteiger charge is -2.11. The number of carbonyl (C=O) groups excluding carboxylic acids is 1. The highest BCUT2D eigenvalue weighted by Gasteiger charge is 2.17.